The van der Waals surface area contributed by atoms with E-state index in [9.17, 15) is 18.8 Å². The Hall–Kier alpha value is -3.92. The minimum atomic E-state index is -0.779. The quantitative estimate of drug-likeness (QED) is 0.401. The van der Waals surface area contributed by atoms with Crippen LogP contribution in [0.5, 0.6) is 0 Å². The molecule has 0 aliphatic carbocycles. The molecule has 2 aromatic carbocycles. The minimum Gasteiger partial charge on any atom is -0.385 e. The molecule has 0 saturated carbocycles. The molecule has 0 aliphatic heterocycles. The van der Waals surface area contributed by atoms with Crippen molar-refractivity contribution in [2.75, 3.05) is 42.8 Å². The topological polar surface area (TPSA) is 122 Å². The molecule has 0 aliphatic rings. The molecule has 3 aromatic rings. The van der Waals surface area contributed by atoms with Gasteiger partial charge < -0.3 is 20.7 Å². The van der Waals surface area contributed by atoms with E-state index in [0.29, 0.717) is 13.0 Å². The van der Waals surface area contributed by atoms with Gasteiger partial charge in [-0.25, -0.2) is 9.18 Å². The Kier molecular flexibility index (Phi) is 7.98. The van der Waals surface area contributed by atoms with Crippen molar-refractivity contribution in [2.45, 2.75) is 13.0 Å². The average Bonchev–Trinajstić information content (AvgIpc) is 2.80. The van der Waals surface area contributed by atoms with E-state index in [0.717, 1.165) is 5.56 Å². The number of H-pyrrole nitrogens is 1. The molecule has 0 atom stereocenters. The van der Waals surface area contributed by atoms with Gasteiger partial charge in [0.1, 0.15) is 11.6 Å². The highest BCUT2D eigenvalue weighted by molar-refractivity contribution is 5.98. The van der Waals surface area contributed by atoms with Gasteiger partial charge in [0.15, 0.2) is 5.69 Å². The van der Waals surface area contributed by atoms with Gasteiger partial charge in [0.05, 0.1) is 18.8 Å². The normalized spacial score (nSPS) is 10.7. The Balaban J connectivity index is 1.94. The molecule has 1 aromatic heterocycles. The van der Waals surface area contributed by atoms with E-state index < -0.39 is 23.0 Å². The second-order valence-electron chi connectivity index (χ2n) is 7.29. The lowest BCUT2D eigenvalue weighted by Crippen LogP contribution is -2.44. The number of nitrogens with one attached hydrogen (secondary N) is 2. The van der Waals surface area contributed by atoms with Crippen LogP contribution in [0.2, 0.25) is 0 Å². The summed E-state index contributed by atoms with van der Waals surface area (Å²) >= 11 is 0. The third-order valence-corrected chi connectivity index (χ3v) is 5.00. The number of anilines is 3. The number of methoxy groups -OCH3 is 1. The molecular formula is C23H26FN5O4. The maximum absolute atomic E-state index is 13.9. The summed E-state index contributed by atoms with van der Waals surface area (Å²) in [6.07, 6.45) is 0.415. The molecule has 10 heteroatoms. The number of hydrogen-bond donors (Lipinski definition) is 3. The number of ether oxygens (including phenoxy) is 1. The van der Waals surface area contributed by atoms with Gasteiger partial charge in [-0.1, -0.05) is 42.5 Å². The van der Waals surface area contributed by atoms with Gasteiger partial charge in [-0.3, -0.25) is 19.1 Å². The van der Waals surface area contributed by atoms with Gasteiger partial charge in [-0.05, 0) is 24.1 Å². The predicted molar refractivity (Wildman–Crippen MR) is 125 cm³/mol. The van der Waals surface area contributed by atoms with Gasteiger partial charge in [-0.15, -0.1) is 0 Å². The van der Waals surface area contributed by atoms with Crippen LogP contribution in [0.1, 0.15) is 12.0 Å². The first-order valence-corrected chi connectivity index (χ1v) is 10.4. The number of carbonyl (C=O) groups is 1. The first kappa shape index (κ1) is 23.7. The van der Waals surface area contributed by atoms with E-state index in [2.05, 4.69) is 10.3 Å². The number of aromatic amines is 1. The van der Waals surface area contributed by atoms with Crippen molar-refractivity contribution >= 4 is 23.1 Å². The Morgan fingerprint density at radius 3 is 2.55 bits per heavy atom. The van der Waals surface area contributed by atoms with Crippen molar-refractivity contribution < 1.29 is 13.9 Å². The second-order valence-corrected chi connectivity index (χ2v) is 7.29. The number of nitrogens with two attached hydrogens (primary N) is 1. The smallest absolute Gasteiger partial charge is 0.330 e. The van der Waals surface area contributed by atoms with Crippen LogP contribution in [-0.2, 0) is 16.1 Å². The Morgan fingerprint density at radius 1 is 1.15 bits per heavy atom. The first-order chi connectivity index (χ1) is 15.9. The lowest BCUT2D eigenvalue weighted by Gasteiger charge is -2.25. The van der Waals surface area contributed by atoms with Crippen LogP contribution in [0.25, 0.3) is 0 Å². The zero-order valence-corrected chi connectivity index (χ0v) is 18.2. The van der Waals surface area contributed by atoms with Gasteiger partial charge in [0, 0.05) is 20.3 Å². The molecule has 0 unspecified atom stereocenters. The molecule has 0 spiro atoms. The average molecular weight is 455 g/mol. The molecule has 33 heavy (non-hydrogen) atoms. The fourth-order valence-corrected chi connectivity index (χ4v) is 3.36. The molecule has 3 rings (SSSR count). The van der Waals surface area contributed by atoms with Crippen LogP contribution in [0.3, 0.4) is 0 Å². The van der Waals surface area contributed by atoms with E-state index in [1.807, 2.05) is 30.3 Å². The van der Waals surface area contributed by atoms with Crippen molar-refractivity contribution in [1.82, 2.24) is 9.55 Å². The van der Waals surface area contributed by atoms with E-state index >= 15 is 0 Å². The molecule has 1 amide bonds. The second kappa shape index (κ2) is 11.1. The number of benzene rings is 2. The SMILES string of the molecule is COCCCN(C(=O)CNc1ccccc1F)c1c(N)n(Cc2ccccc2)c(=O)[nH]c1=O. The standard InChI is InChI=1S/C23H26FN5O4/c1-33-13-7-12-28(19(30)14-26-18-11-6-5-10-17(18)24)20-21(25)29(23(32)27-22(20)31)15-16-8-3-2-4-9-16/h2-6,8-11,26H,7,12-15,25H2,1H3,(H,27,31,32). The molecule has 1 heterocycles. The van der Waals surface area contributed by atoms with E-state index in [-0.39, 0.29) is 36.8 Å². The Labute approximate surface area is 189 Å². The monoisotopic (exact) mass is 455 g/mol. The summed E-state index contributed by atoms with van der Waals surface area (Å²) in [4.78, 5) is 41.7. The van der Waals surface area contributed by atoms with E-state index in [1.165, 1.54) is 34.8 Å². The lowest BCUT2D eigenvalue weighted by atomic mass is 10.2. The summed E-state index contributed by atoms with van der Waals surface area (Å²) in [6.45, 7) is 0.280. The summed E-state index contributed by atoms with van der Waals surface area (Å²) in [5.74, 6) is -1.16. The molecule has 9 nitrogen and oxygen atoms in total. The van der Waals surface area contributed by atoms with Crippen molar-refractivity contribution in [1.29, 1.82) is 0 Å². The van der Waals surface area contributed by atoms with Crippen molar-refractivity contribution in [3.63, 3.8) is 0 Å². The molecule has 174 valence electrons. The van der Waals surface area contributed by atoms with Crippen molar-refractivity contribution in [3.05, 3.63) is 86.8 Å². The number of nitrogen functional groups attached to an aromatic ring is 1. The number of rotatable bonds is 10. The molecule has 4 N–H and O–H groups in total. The number of hydrogen-bond acceptors (Lipinski definition) is 6. The highest BCUT2D eigenvalue weighted by Gasteiger charge is 2.24. The third kappa shape index (κ3) is 5.86. The van der Waals surface area contributed by atoms with Crippen LogP contribution in [0, 0.1) is 5.82 Å². The zero-order valence-electron chi connectivity index (χ0n) is 18.2. The summed E-state index contributed by atoms with van der Waals surface area (Å²) < 4.78 is 20.2. The minimum absolute atomic E-state index is 0.114. The number of nitrogens with zero attached hydrogens (tertiary/aromatic N) is 2. The number of aromatic nitrogens is 2. The fourth-order valence-electron chi connectivity index (χ4n) is 3.36. The van der Waals surface area contributed by atoms with Gasteiger partial charge in [0.2, 0.25) is 5.91 Å². The molecule has 0 bridgehead atoms. The molecule has 0 radical (unpaired) electrons. The fraction of sp³-hybridized carbons (Fsp3) is 0.261. The molecule has 0 fully saturated rings. The highest BCUT2D eigenvalue weighted by Crippen LogP contribution is 2.19. The lowest BCUT2D eigenvalue weighted by molar-refractivity contribution is -0.117. The Bertz CT molecular complexity index is 1210. The summed E-state index contributed by atoms with van der Waals surface area (Å²) in [6, 6.07) is 15.0. The largest absolute Gasteiger partial charge is 0.385 e. The molecular weight excluding hydrogens is 429 g/mol. The zero-order chi connectivity index (χ0) is 23.8. The van der Waals surface area contributed by atoms with E-state index in [4.69, 9.17) is 10.5 Å². The van der Waals surface area contributed by atoms with Crippen molar-refractivity contribution in [3.8, 4) is 0 Å². The third-order valence-electron chi connectivity index (χ3n) is 5.00. The van der Waals surface area contributed by atoms with Gasteiger partial charge in [0.25, 0.3) is 5.56 Å². The summed E-state index contributed by atoms with van der Waals surface area (Å²) in [5, 5.41) is 2.74. The Morgan fingerprint density at radius 2 is 1.85 bits per heavy atom. The maximum atomic E-state index is 13.9. The van der Waals surface area contributed by atoms with Crippen LogP contribution >= 0.6 is 0 Å². The van der Waals surface area contributed by atoms with Gasteiger partial charge >= 0.3 is 5.69 Å². The summed E-state index contributed by atoms with van der Waals surface area (Å²) in [5.41, 5.74) is 5.59. The number of amides is 1. The first-order valence-electron chi connectivity index (χ1n) is 10.4. The van der Waals surface area contributed by atoms with E-state index in [1.54, 1.807) is 6.07 Å². The van der Waals surface area contributed by atoms with Crippen LogP contribution < -0.4 is 27.2 Å². The van der Waals surface area contributed by atoms with Crippen LogP contribution in [0.4, 0.5) is 21.6 Å². The predicted octanol–water partition coefficient (Wildman–Crippen LogP) is 1.79. The van der Waals surface area contributed by atoms with Crippen LogP contribution in [0.15, 0.2) is 64.2 Å². The van der Waals surface area contributed by atoms with Crippen molar-refractivity contribution in [2.24, 2.45) is 0 Å². The number of halogens is 1. The van der Waals surface area contributed by atoms with Crippen LogP contribution in [-0.4, -0.2) is 42.3 Å². The maximum Gasteiger partial charge on any atom is 0.330 e. The highest BCUT2D eigenvalue weighted by atomic mass is 19.1. The van der Waals surface area contributed by atoms with Gasteiger partial charge in [-0.2, -0.15) is 0 Å². The molecule has 0 saturated heterocycles. The number of carbonyl (C=O) groups excluding carboxylic acids is 1. The summed E-state index contributed by atoms with van der Waals surface area (Å²) in [7, 11) is 1.52. The number of para-hydroxylation sites is 1.